The number of nitrogens with one attached hydrogen (secondary N) is 4. The van der Waals surface area contributed by atoms with E-state index in [2.05, 4.69) is 68.8 Å². The summed E-state index contributed by atoms with van der Waals surface area (Å²) in [5.41, 5.74) is 0. The van der Waals surface area contributed by atoms with Crippen molar-refractivity contribution in [3.05, 3.63) is 0 Å². The molecule has 0 unspecified atom stereocenters. The summed E-state index contributed by atoms with van der Waals surface area (Å²) in [6, 6.07) is 0. The van der Waals surface area contributed by atoms with Crippen LogP contribution in [0.1, 0.15) is 0 Å². The quantitative estimate of drug-likeness (QED) is 0.347. The van der Waals surface area contributed by atoms with Gasteiger partial charge < -0.3 is 28.5 Å². The highest BCUT2D eigenvalue weighted by atomic mass is 28.5. The minimum atomic E-state index is -1.21. The third kappa shape index (κ3) is 4.32. The van der Waals surface area contributed by atoms with Crippen LogP contribution in [0.5, 0.6) is 0 Å². The van der Waals surface area contributed by atoms with Crippen molar-refractivity contribution >= 4 is 49.3 Å². The highest BCUT2D eigenvalue weighted by Crippen LogP contribution is 2.20. The predicted octanol–water partition coefficient (Wildman–Crippen LogP) is -3.58. The van der Waals surface area contributed by atoms with Crippen LogP contribution in [0.4, 0.5) is 0 Å². The second-order valence-corrected chi connectivity index (χ2v) is 17.9. The molecule has 12 heteroatoms. The lowest BCUT2D eigenvalue weighted by molar-refractivity contribution is 0.600. The van der Waals surface area contributed by atoms with E-state index in [1.54, 1.807) is 0 Å². The van der Waals surface area contributed by atoms with Crippen LogP contribution >= 0.6 is 0 Å². The molecular formula is C6H27B3N6Si3. The van der Waals surface area contributed by atoms with Gasteiger partial charge in [0.05, 0.1) is 0 Å². The summed E-state index contributed by atoms with van der Waals surface area (Å²) in [7, 11) is 4.84. The Morgan fingerprint density at radius 3 is 1.67 bits per heavy atom. The van der Waals surface area contributed by atoms with Crippen LogP contribution in [0.25, 0.3) is 0 Å². The lowest BCUT2D eigenvalue weighted by Crippen LogP contribution is -2.79. The number of hydrogen-bond donors (Lipinski definition) is 4. The molecule has 0 radical (unpaired) electrons. The van der Waals surface area contributed by atoms with Crippen molar-refractivity contribution < 1.29 is 0 Å². The lowest BCUT2D eigenvalue weighted by Gasteiger charge is -2.53. The molecule has 2 heterocycles. The van der Waals surface area contributed by atoms with Gasteiger partial charge in [-0.2, -0.15) is 0 Å². The molecule has 6 nitrogen and oxygen atoms in total. The van der Waals surface area contributed by atoms with Gasteiger partial charge in [0.2, 0.25) is 0 Å². The highest BCUT2D eigenvalue weighted by molar-refractivity contribution is 6.96. The first kappa shape index (κ1) is 16.7. The standard InChI is InChI=1S/C6H21N3Si3.B3H6N3/c1-8-10-7-11(3,4)9(2)12(8,5)6;1-4-2-6-3-5-1/h7H,10H2,1-6H3;1-6H. The minimum Gasteiger partial charge on any atom is -0.378 e. The number of hydrogen-bond acceptors (Lipinski definition) is 6. The fraction of sp³-hybridized carbons (Fsp3) is 1.00. The summed E-state index contributed by atoms with van der Waals surface area (Å²) in [5.74, 6) is 0. The van der Waals surface area contributed by atoms with E-state index in [1.807, 2.05) is 0 Å². The monoisotopic (exact) mass is 300 g/mol. The summed E-state index contributed by atoms with van der Waals surface area (Å²) < 4.78 is 9.06. The maximum atomic E-state index is 3.78. The molecule has 2 rings (SSSR count). The maximum Gasteiger partial charge on any atom is 0.265 e. The van der Waals surface area contributed by atoms with Crippen LogP contribution < -0.4 is 20.1 Å². The Kier molecular flexibility index (Phi) is 6.35. The van der Waals surface area contributed by atoms with E-state index in [1.165, 1.54) is 0 Å². The van der Waals surface area contributed by atoms with E-state index in [4.69, 9.17) is 0 Å². The fourth-order valence-corrected chi connectivity index (χ4v) is 16.0. The van der Waals surface area contributed by atoms with Gasteiger partial charge in [-0.1, -0.05) is 0 Å². The number of rotatable bonds is 0. The third-order valence-electron chi connectivity index (χ3n) is 4.09. The topological polar surface area (TPSA) is 54.6 Å². The molecule has 18 heavy (non-hydrogen) atoms. The van der Waals surface area contributed by atoms with Gasteiger partial charge in [0, 0.05) is 0 Å². The van der Waals surface area contributed by atoms with E-state index in [9.17, 15) is 0 Å². The van der Waals surface area contributed by atoms with E-state index in [0.29, 0.717) is 0 Å². The molecule has 0 bridgehead atoms. The summed E-state index contributed by atoms with van der Waals surface area (Å²) >= 11 is 0. The molecule has 0 amide bonds. The molecule has 0 aliphatic carbocycles. The molecule has 0 aromatic carbocycles. The van der Waals surface area contributed by atoms with Gasteiger partial charge >= 0.3 is 0 Å². The Labute approximate surface area is 118 Å². The Hall–Kier alpha value is 0.605. The third-order valence-corrected chi connectivity index (χ3v) is 20.0. The minimum absolute atomic E-state index is 0.142. The first-order valence-electron chi connectivity index (χ1n) is 6.61. The summed E-state index contributed by atoms with van der Waals surface area (Å²) in [6.45, 7) is 9.74. The molecular weight excluding hydrogens is 273 g/mol. The zero-order chi connectivity index (χ0) is 13.8. The van der Waals surface area contributed by atoms with Crippen molar-refractivity contribution in [1.29, 1.82) is 0 Å². The Morgan fingerprint density at radius 2 is 1.33 bits per heavy atom. The summed E-state index contributed by atoms with van der Waals surface area (Å²) in [5, 5.41) is 9.19. The second-order valence-electron chi connectivity index (χ2n) is 5.93. The molecule has 0 aromatic rings. The largest absolute Gasteiger partial charge is 0.378 e. The van der Waals surface area contributed by atoms with Crippen LogP contribution in [0.2, 0.25) is 26.2 Å². The van der Waals surface area contributed by atoms with Crippen molar-refractivity contribution in [1.82, 2.24) is 28.5 Å². The maximum absolute atomic E-state index is 3.78. The van der Waals surface area contributed by atoms with Crippen LogP contribution in [0.15, 0.2) is 0 Å². The van der Waals surface area contributed by atoms with Crippen molar-refractivity contribution in [3.8, 4) is 0 Å². The predicted molar refractivity (Wildman–Crippen MR) is 93.0 cm³/mol. The second kappa shape index (κ2) is 6.86. The van der Waals surface area contributed by atoms with E-state index >= 15 is 0 Å². The molecule has 0 aromatic heterocycles. The zero-order valence-corrected chi connectivity index (χ0v) is 16.1. The summed E-state index contributed by atoms with van der Waals surface area (Å²) in [6.07, 6.45) is 0. The van der Waals surface area contributed by atoms with Gasteiger partial charge in [0.15, 0.2) is 26.6 Å². The highest BCUT2D eigenvalue weighted by Gasteiger charge is 2.45. The fourth-order valence-electron chi connectivity index (χ4n) is 2.02. The molecule has 0 saturated carbocycles. The van der Waals surface area contributed by atoms with Gasteiger partial charge in [0.1, 0.15) is 0 Å². The van der Waals surface area contributed by atoms with Gasteiger partial charge in [-0.3, -0.25) is 0 Å². The average molecular weight is 300 g/mol. The molecule has 102 valence electrons. The van der Waals surface area contributed by atoms with Gasteiger partial charge in [0.25, 0.3) is 22.6 Å². The van der Waals surface area contributed by atoms with Gasteiger partial charge in [-0.25, -0.2) is 0 Å². The Bertz CT molecular complexity index is 255. The molecule has 0 atom stereocenters. The molecule has 0 spiro atoms. The lowest BCUT2D eigenvalue weighted by atomic mass is 9.85. The van der Waals surface area contributed by atoms with Crippen LogP contribution in [-0.2, 0) is 0 Å². The first-order chi connectivity index (χ1) is 8.28. The van der Waals surface area contributed by atoms with E-state index in [0.717, 1.165) is 22.6 Å². The van der Waals surface area contributed by atoms with Crippen LogP contribution in [0.3, 0.4) is 0 Å². The van der Waals surface area contributed by atoms with Crippen LogP contribution in [0, 0.1) is 0 Å². The normalized spacial score (nSPS) is 28.3. The first-order valence-corrected chi connectivity index (χ1v) is 13.8. The smallest absolute Gasteiger partial charge is 0.265 e. The molecule has 4 N–H and O–H groups in total. The Morgan fingerprint density at radius 1 is 0.889 bits per heavy atom. The molecule has 2 saturated heterocycles. The Balaban J connectivity index is 0.000000225. The molecule has 2 aliphatic rings. The van der Waals surface area contributed by atoms with Gasteiger partial charge in [-0.15, -0.1) is 0 Å². The molecule has 2 fully saturated rings. The summed E-state index contributed by atoms with van der Waals surface area (Å²) in [4.78, 5) is 0. The van der Waals surface area contributed by atoms with Crippen molar-refractivity contribution in [2.45, 2.75) is 26.2 Å². The molecule has 2 aliphatic heterocycles. The average Bonchev–Trinajstić information content (AvgIpc) is 2.36. The van der Waals surface area contributed by atoms with Crippen molar-refractivity contribution in [2.75, 3.05) is 14.1 Å². The number of nitrogens with zero attached hydrogens (tertiary/aromatic N) is 2. The van der Waals surface area contributed by atoms with Crippen molar-refractivity contribution in [3.63, 3.8) is 0 Å². The van der Waals surface area contributed by atoms with Crippen LogP contribution in [-0.4, -0.2) is 71.8 Å². The van der Waals surface area contributed by atoms with E-state index < -0.39 is 16.8 Å². The van der Waals surface area contributed by atoms with E-state index in [-0.39, 0.29) is 9.84 Å². The van der Waals surface area contributed by atoms with Gasteiger partial charge in [-0.05, 0) is 40.3 Å². The van der Waals surface area contributed by atoms with Crippen molar-refractivity contribution in [2.24, 2.45) is 0 Å². The zero-order valence-electron chi connectivity index (χ0n) is 12.7. The SMILES string of the molecule is B1NBNBN1.CN1[SiH2]N[Si](C)(C)N(C)[Si]1(C)C.